The maximum Gasteiger partial charge on any atom is 0.162 e. The van der Waals surface area contributed by atoms with Crippen LogP contribution in [0.5, 0.6) is 11.5 Å². The largest absolute Gasteiger partial charge is 0.456 e. The van der Waals surface area contributed by atoms with Crippen LogP contribution in [-0.2, 0) is 6.54 Å². The fraction of sp³-hybridized carbons (Fsp3) is 0.250. The predicted molar refractivity (Wildman–Crippen MR) is 77.7 cm³/mol. The summed E-state index contributed by atoms with van der Waals surface area (Å²) in [6.07, 6.45) is 2.45. The highest BCUT2D eigenvalue weighted by Crippen LogP contribution is 2.31. The van der Waals surface area contributed by atoms with Crippen molar-refractivity contribution in [3.8, 4) is 11.5 Å². The van der Waals surface area contributed by atoms with Crippen LogP contribution in [0.4, 0.5) is 8.78 Å². The smallest absolute Gasteiger partial charge is 0.162 e. The van der Waals surface area contributed by atoms with Gasteiger partial charge in [-0.2, -0.15) is 0 Å². The molecule has 0 aliphatic heterocycles. The molecule has 0 saturated heterocycles. The van der Waals surface area contributed by atoms with E-state index in [1.165, 1.54) is 18.9 Å². The topological polar surface area (TPSA) is 21.3 Å². The Balaban J connectivity index is 1.70. The SMILES string of the molecule is Fc1ccc(Oc2ccc(CNC3CC3)cc2Cl)cc1F. The molecule has 0 spiro atoms. The van der Waals surface area contributed by atoms with E-state index in [4.69, 9.17) is 16.3 Å². The number of hydrogen-bond acceptors (Lipinski definition) is 2. The molecule has 0 heterocycles. The number of nitrogens with one attached hydrogen (secondary N) is 1. The molecule has 110 valence electrons. The van der Waals surface area contributed by atoms with Crippen LogP contribution in [0.25, 0.3) is 0 Å². The van der Waals surface area contributed by atoms with Crippen LogP contribution >= 0.6 is 11.6 Å². The van der Waals surface area contributed by atoms with Gasteiger partial charge in [-0.1, -0.05) is 17.7 Å². The second-order valence-electron chi connectivity index (χ2n) is 5.10. The third kappa shape index (κ3) is 3.71. The molecule has 1 N–H and O–H groups in total. The van der Waals surface area contributed by atoms with E-state index < -0.39 is 11.6 Å². The number of hydrogen-bond donors (Lipinski definition) is 1. The Hall–Kier alpha value is -1.65. The van der Waals surface area contributed by atoms with Crippen molar-refractivity contribution >= 4 is 11.6 Å². The van der Waals surface area contributed by atoms with E-state index in [9.17, 15) is 8.78 Å². The highest BCUT2D eigenvalue weighted by atomic mass is 35.5. The van der Waals surface area contributed by atoms with Gasteiger partial charge in [-0.3, -0.25) is 0 Å². The van der Waals surface area contributed by atoms with E-state index in [1.807, 2.05) is 12.1 Å². The summed E-state index contributed by atoms with van der Waals surface area (Å²) in [4.78, 5) is 0. The van der Waals surface area contributed by atoms with Crippen molar-refractivity contribution in [2.45, 2.75) is 25.4 Å². The Bertz CT molecular complexity index is 659. The summed E-state index contributed by atoms with van der Waals surface area (Å²) >= 11 is 6.16. The van der Waals surface area contributed by atoms with Crippen LogP contribution in [0.1, 0.15) is 18.4 Å². The average Bonchev–Trinajstić information content (AvgIpc) is 3.27. The second kappa shape index (κ2) is 6.00. The van der Waals surface area contributed by atoms with Crippen LogP contribution in [0.15, 0.2) is 36.4 Å². The van der Waals surface area contributed by atoms with Gasteiger partial charge in [0, 0.05) is 18.7 Å². The Morgan fingerprint density at radius 1 is 1.10 bits per heavy atom. The summed E-state index contributed by atoms with van der Waals surface area (Å²) in [5, 5.41) is 3.83. The Kier molecular flexibility index (Phi) is 4.08. The molecule has 2 aromatic rings. The first kappa shape index (κ1) is 14.3. The van der Waals surface area contributed by atoms with Crippen molar-refractivity contribution in [2.24, 2.45) is 0 Å². The molecule has 1 fully saturated rings. The maximum absolute atomic E-state index is 13.1. The highest BCUT2D eigenvalue weighted by molar-refractivity contribution is 6.32. The first-order valence-corrected chi connectivity index (χ1v) is 7.14. The van der Waals surface area contributed by atoms with E-state index in [0.717, 1.165) is 24.2 Å². The lowest BCUT2D eigenvalue weighted by atomic mass is 10.2. The van der Waals surface area contributed by atoms with Crippen LogP contribution in [0.3, 0.4) is 0 Å². The van der Waals surface area contributed by atoms with Gasteiger partial charge in [0.25, 0.3) is 0 Å². The Labute approximate surface area is 126 Å². The van der Waals surface area contributed by atoms with Crippen molar-refractivity contribution in [1.82, 2.24) is 5.32 Å². The molecule has 2 aromatic carbocycles. The van der Waals surface area contributed by atoms with E-state index in [-0.39, 0.29) is 5.75 Å². The summed E-state index contributed by atoms with van der Waals surface area (Å²) in [6.45, 7) is 0.760. The zero-order valence-electron chi connectivity index (χ0n) is 11.2. The number of halogens is 3. The van der Waals surface area contributed by atoms with Crippen LogP contribution in [-0.4, -0.2) is 6.04 Å². The van der Waals surface area contributed by atoms with Gasteiger partial charge in [0.05, 0.1) is 5.02 Å². The van der Waals surface area contributed by atoms with E-state index in [2.05, 4.69) is 5.32 Å². The lowest BCUT2D eigenvalue weighted by Gasteiger charge is -2.10. The first-order chi connectivity index (χ1) is 10.1. The zero-order chi connectivity index (χ0) is 14.8. The molecule has 1 aliphatic carbocycles. The minimum Gasteiger partial charge on any atom is -0.456 e. The van der Waals surface area contributed by atoms with E-state index in [1.54, 1.807) is 6.07 Å². The molecule has 0 atom stereocenters. The monoisotopic (exact) mass is 309 g/mol. The summed E-state index contributed by atoms with van der Waals surface area (Å²) in [5.41, 5.74) is 1.06. The minimum absolute atomic E-state index is 0.208. The Morgan fingerprint density at radius 2 is 1.90 bits per heavy atom. The zero-order valence-corrected chi connectivity index (χ0v) is 12.0. The lowest BCUT2D eigenvalue weighted by molar-refractivity contribution is 0.461. The highest BCUT2D eigenvalue weighted by Gasteiger charge is 2.20. The van der Waals surface area contributed by atoms with Gasteiger partial charge in [0.15, 0.2) is 11.6 Å². The van der Waals surface area contributed by atoms with Crippen LogP contribution in [0.2, 0.25) is 5.02 Å². The molecular weight excluding hydrogens is 296 g/mol. The summed E-state index contributed by atoms with van der Waals surface area (Å²) in [5.74, 6) is -1.23. The Morgan fingerprint density at radius 3 is 2.57 bits per heavy atom. The van der Waals surface area contributed by atoms with E-state index >= 15 is 0 Å². The number of benzene rings is 2. The van der Waals surface area contributed by atoms with Gasteiger partial charge in [-0.25, -0.2) is 8.78 Å². The summed E-state index contributed by atoms with van der Waals surface area (Å²) < 4.78 is 31.5. The molecule has 5 heteroatoms. The molecule has 1 aliphatic rings. The van der Waals surface area contributed by atoms with Crippen molar-refractivity contribution < 1.29 is 13.5 Å². The third-order valence-corrected chi connectivity index (χ3v) is 3.58. The summed E-state index contributed by atoms with van der Waals surface area (Å²) in [6, 6.07) is 9.44. The minimum atomic E-state index is -0.950. The fourth-order valence-corrected chi connectivity index (χ4v) is 2.20. The quantitative estimate of drug-likeness (QED) is 0.867. The molecule has 0 bridgehead atoms. The maximum atomic E-state index is 13.1. The van der Waals surface area contributed by atoms with Crippen molar-refractivity contribution in [3.63, 3.8) is 0 Å². The molecule has 2 nitrogen and oxygen atoms in total. The lowest BCUT2D eigenvalue weighted by Crippen LogP contribution is -2.15. The van der Waals surface area contributed by atoms with E-state index in [0.29, 0.717) is 16.8 Å². The van der Waals surface area contributed by atoms with Crippen molar-refractivity contribution in [2.75, 3.05) is 0 Å². The van der Waals surface area contributed by atoms with Gasteiger partial charge in [0.1, 0.15) is 11.5 Å². The molecule has 0 amide bonds. The molecule has 0 unspecified atom stereocenters. The fourth-order valence-electron chi connectivity index (χ4n) is 1.95. The molecule has 21 heavy (non-hydrogen) atoms. The second-order valence-corrected chi connectivity index (χ2v) is 5.51. The summed E-state index contributed by atoms with van der Waals surface area (Å²) in [7, 11) is 0. The van der Waals surface area contributed by atoms with Gasteiger partial charge in [0.2, 0.25) is 0 Å². The molecule has 0 radical (unpaired) electrons. The standard InChI is InChI=1S/C16H14ClF2NO/c17-13-7-10(9-20-11-2-3-11)1-6-16(13)21-12-4-5-14(18)15(19)8-12/h1,4-8,11,20H,2-3,9H2. The predicted octanol–water partition coefficient (Wildman–Crippen LogP) is 4.66. The molecule has 1 saturated carbocycles. The number of rotatable bonds is 5. The van der Waals surface area contributed by atoms with Gasteiger partial charge < -0.3 is 10.1 Å². The van der Waals surface area contributed by atoms with Crippen molar-refractivity contribution in [3.05, 3.63) is 58.6 Å². The van der Waals surface area contributed by atoms with Crippen molar-refractivity contribution in [1.29, 1.82) is 0 Å². The molecule has 0 aromatic heterocycles. The first-order valence-electron chi connectivity index (χ1n) is 6.76. The normalized spacial score (nSPS) is 14.2. The molecular formula is C16H14ClF2NO. The van der Waals surface area contributed by atoms with Crippen LogP contribution < -0.4 is 10.1 Å². The molecule has 3 rings (SSSR count). The van der Waals surface area contributed by atoms with Gasteiger partial charge in [-0.05, 0) is 42.7 Å². The number of ether oxygens (including phenoxy) is 1. The van der Waals surface area contributed by atoms with Gasteiger partial charge >= 0.3 is 0 Å². The van der Waals surface area contributed by atoms with Gasteiger partial charge in [-0.15, -0.1) is 0 Å². The van der Waals surface area contributed by atoms with Crippen LogP contribution in [0, 0.1) is 11.6 Å². The average molecular weight is 310 g/mol. The third-order valence-electron chi connectivity index (χ3n) is 3.29.